The number of nitrogens with two attached hydrogens (primary N) is 1. The number of oxime groups is 1. The smallest absolute Gasteiger partial charge is 0.223 e. The van der Waals surface area contributed by atoms with E-state index in [1.807, 2.05) is 0 Å². The van der Waals surface area contributed by atoms with Crippen LogP contribution in [0, 0.1) is 11.8 Å². The number of hydrogen-bond donors (Lipinski definition) is 3. The first-order valence-electron chi connectivity index (χ1n) is 6.08. The third-order valence-corrected chi connectivity index (χ3v) is 3.42. The van der Waals surface area contributed by atoms with E-state index in [1.54, 1.807) is 0 Å². The van der Waals surface area contributed by atoms with E-state index in [-0.39, 0.29) is 23.7 Å². The molecule has 1 heterocycles. The second-order valence-electron chi connectivity index (χ2n) is 4.74. The summed E-state index contributed by atoms with van der Waals surface area (Å²) < 4.78 is 5.21. The van der Waals surface area contributed by atoms with Crippen molar-refractivity contribution in [3.05, 3.63) is 0 Å². The first-order chi connectivity index (χ1) is 8.22. The van der Waals surface area contributed by atoms with Gasteiger partial charge < -0.3 is 21.0 Å². The highest BCUT2D eigenvalue weighted by Crippen LogP contribution is 2.33. The number of carbonyl (C=O) groups excluding carboxylic acids is 1. The van der Waals surface area contributed by atoms with Crippen molar-refractivity contribution in [3.8, 4) is 0 Å². The second kappa shape index (κ2) is 5.35. The highest BCUT2D eigenvalue weighted by molar-refractivity contribution is 5.91. The van der Waals surface area contributed by atoms with Gasteiger partial charge in [0, 0.05) is 19.1 Å². The average Bonchev–Trinajstić information content (AvgIpc) is 3.20. The number of ether oxygens (including phenoxy) is 1. The van der Waals surface area contributed by atoms with Gasteiger partial charge in [-0.25, -0.2) is 0 Å². The van der Waals surface area contributed by atoms with Crippen molar-refractivity contribution in [3.63, 3.8) is 0 Å². The van der Waals surface area contributed by atoms with Crippen LogP contribution in [0.15, 0.2) is 5.16 Å². The minimum absolute atomic E-state index is 0.00296. The van der Waals surface area contributed by atoms with Crippen LogP contribution in [0.4, 0.5) is 0 Å². The Bertz CT molecular complexity index is 309. The largest absolute Gasteiger partial charge is 0.409 e. The van der Waals surface area contributed by atoms with Gasteiger partial charge in [0.1, 0.15) is 0 Å². The summed E-state index contributed by atoms with van der Waals surface area (Å²) in [5.41, 5.74) is 5.60. The summed E-state index contributed by atoms with van der Waals surface area (Å²) in [6.45, 7) is 1.27. The quantitative estimate of drug-likeness (QED) is 0.280. The van der Waals surface area contributed by atoms with Crippen LogP contribution in [-0.2, 0) is 9.53 Å². The van der Waals surface area contributed by atoms with Crippen LogP contribution in [0.1, 0.15) is 25.7 Å². The molecule has 0 aromatic rings. The zero-order valence-electron chi connectivity index (χ0n) is 9.76. The number of hydrogen-bond acceptors (Lipinski definition) is 4. The maximum atomic E-state index is 12.0. The van der Waals surface area contributed by atoms with Crippen LogP contribution in [0.3, 0.4) is 0 Å². The molecule has 0 bridgehead atoms. The summed E-state index contributed by atoms with van der Waals surface area (Å²) in [6, 6.07) is -0.310. The van der Waals surface area contributed by atoms with Gasteiger partial charge in [-0.1, -0.05) is 5.16 Å². The van der Waals surface area contributed by atoms with Crippen LogP contribution >= 0.6 is 0 Å². The molecular weight excluding hydrogens is 222 g/mol. The number of carbonyl (C=O) groups is 1. The maximum absolute atomic E-state index is 12.0. The topological polar surface area (TPSA) is 96.9 Å². The number of amidine groups is 1. The van der Waals surface area contributed by atoms with Crippen molar-refractivity contribution in [2.45, 2.75) is 31.7 Å². The molecule has 96 valence electrons. The number of amides is 1. The van der Waals surface area contributed by atoms with Gasteiger partial charge in [0.05, 0.1) is 6.04 Å². The summed E-state index contributed by atoms with van der Waals surface area (Å²) in [7, 11) is 0. The van der Waals surface area contributed by atoms with Crippen LogP contribution in [0.25, 0.3) is 0 Å². The Kier molecular flexibility index (Phi) is 3.83. The van der Waals surface area contributed by atoms with Gasteiger partial charge in [0.15, 0.2) is 5.84 Å². The van der Waals surface area contributed by atoms with Crippen LogP contribution in [-0.4, -0.2) is 36.2 Å². The van der Waals surface area contributed by atoms with Gasteiger partial charge in [-0.15, -0.1) is 0 Å². The summed E-state index contributed by atoms with van der Waals surface area (Å²) >= 11 is 0. The molecule has 1 atom stereocenters. The molecule has 2 aliphatic rings. The van der Waals surface area contributed by atoms with Gasteiger partial charge in [-0.05, 0) is 31.6 Å². The van der Waals surface area contributed by atoms with E-state index < -0.39 is 0 Å². The SMILES string of the molecule is NC(=NO)C(NC(=O)C1CCOCC1)C1CC1. The molecular formula is C11H19N3O3. The summed E-state index contributed by atoms with van der Waals surface area (Å²) in [6.07, 6.45) is 3.54. The van der Waals surface area contributed by atoms with Crippen LogP contribution in [0.2, 0.25) is 0 Å². The first-order valence-corrected chi connectivity index (χ1v) is 6.08. The molecule has 1 amide bonds. The van der Waals surface area contributed by atoms with E-state index in [1.165, 1.54) is 0 Å². The standard InChI is InChI=1S/C11H19N3O3/c12-10(14-16)9(7-1-2-7)13-11(15)8-3-5-17-6-4-8/h7-9,16H,1-6H2,(H2,12,14)(H,13,15). The number of rotatable bonds is 4. The van der Waals surface area contributed by atoms with Crippen molar-refractivity contribution in [1.29, 1.82) is 0 Å². The van der Waals surface area contributed by atoms with Gasteiger partial charge >= 0.3 is 0 Å². The number of nitrogens with one attached hydrogen (secondary N) is 1. The molecule has 4 N–H and O–H groups in total. The lowest BCUT2D eigenvalue weighted by Gasteiger charge is -2.24. The molecule has 1 aliphatic carbocycles. The molecule has 0 radical (unpaired) electrons. The molecule has 1 aliphatic heterocycles. The zero-order chi connectivity index (χ0) is 12.3. The molecule has 2 fully saturated rings. The lowest BCUT2D eigenvalue weighted by Crippen LogP contribution is -2.48. The molecule has 1 unspecified atom stereocenters. The molecule has 17 heavy (non-hydrogen) atoms. The van der Waals surface area contributed by atoms with E-state index in [2.05, 4.69) is 10.5 Å². The highest BCUT2D eigenvalue weighted by Gasteiger charge is 2.36. The highest BCUT2D eigenvalue weighted by atomic mass is 16.5. The van der Waals surface area contributed by atoms with Gasteiger partial charge in [-0.2, -0.15) is 0 Å². The average molecular weight is 241 g/mol. The van der Waals surface area contributed by atoms with E-state index >= 15 is 0 Å². The Balaban J connectivity index is 1.90. The maximum Gasteiger partial charge on any atom is 0.223 e. The Morgan fingerprint density at radius 1 is 1.35 bits per heavy atom. The summed E-state index contributed by atoms with van der Waals surface area (Å²) in [5.74, 6) is 0.427. The number of nitrogens with zero attached hydrogens (tertiary/aromatic N) is 1. The summed E-state index contributed by atoms with van der Waals surface area (Å²) in [4.78, 5) is 12.0. The van der Waals surface area contributed by atoms with Gasteiger partial charge in [0.25, 0.3) is 0 Å². The van der Waals surface area contributed by atoms with Crippen LogP contribution in [0.5, 0.6) is 0 Å². The van der Waals surface area contributed by atoms with Crippen molar-refractivity contribution >= 4 is 11.7 Å². The zero-order valence-corrected chi connectivity index (χ0v) is 9.76. The Morgan fingerprint density at radius 2 is 2.00 bits per heavy atom. The minimum atomic E-state index is -0.310. The fourth-order valence-corrected chi connectivity index (χ4v) is 2.16. The summed E-state index contributed by atoms with van der Waals surface area (Å²) in [5, 5.41) is 14.6. The molecule has 0 aromatic carbocycles. The normalized spacial score (nSPS) is 24.4. The third-order valence-electron chi connectivity index (χ3n) is 3.42. The Hall–Kier alpha value is -1.30. The lowest BCUT2D eigenvalue weighted by molar-refractivity contribution is -0.128. The van der Waals surface area contributed by atoms with E-state index in [0.29, 0.717) is 19.1 Å². The monoisotopic (exact) mass is 241 g/mol. The van der Waals surface area contributed by atoms with E-state index in [4.69, 9.17) is 15.7 Å². The lowest BCUT2D eigenvalue weighted by atomic mass is 9.98. The van der Waals surface area contributed by atoms with Gasteiger partial charge in [0.2, 0.25) is 5.91 Å². The third kappa shape index (κ3) is 3.09. The fourth-order valence-electron chi connectivity index (χ4n) is 2.16. The van der Waals surface area contributed by atoms with Crippen molar-refractivity contribution in [2.24, 2.45) is 22.7 Å². The molecule has 6 nitrogen and oxygen atoms in total. The van der Waals surface area contributed by atoms with E-state index in [9.17, 15) is 4.79 Å². The molecule has 0 aromatic heterocycles. The van der Waals surface area contributed by atoms with Crippen molar-refractivity contribution in [1.82, 2.24) is 5.32 Å². The van der Waals surface area contributed by atoms with E-state index in [0.717, 1.165) is 25.7 Å². The predicted octanol–water partition coefficient (Wildman–Crippen LogP) is 0.0542. The predicted molar refractivity (Wildman–Crippen MR) is 61.6 cm³/mol. The van der Waals surface area contributed by atoms with Crippen molar-refractivity contribution in [2.75, 3.05) is 13.2 Å². The van der Waals surface area contributed by atoms with Crippen molar-refractivity contribution < 1.29 is 14.7 Å². The molecule has 1 saturated carbocycles. The first kappa shape index (κ1) is 12.2. The van der Waals surface area contributed by atoms with Crippen LogP contribution < -0.4 is 11.1 Å². The Labute approximate surface area is 100 Å². The fraction of sp³-hybridized carbons (Fsp3) is 0.818. The Morgan fingerprint density at radius 3 is 2.53 bits per heavy atom. The molecule has 6 heteroatoms. The molecule has 0 spiro atoms. The van der Waals surface area contributed by atoms with Gasteiger partial charge in [-0.3, -0.25) is 4.79 Å². The second-order valence-corrected chi connectivity index (χ2v) is 4.74. The molecule has 1 saturated heterocycles. The minimum Gasteiger partial charge on any atom is -0.409 e. The molecule has 2 rings (SSSR count).